The fraction of sp³-hybridized carbons (Fsp3) is 0.714. The van der Waals surface area contributed by atoms with Gasteiger partial charge in [0.25, 0.3) is 5.91 Å². The van der Waals surface area contributed by atoms with Crippen LogP contribution in [0, 0.1) is 0 Å². The van der Waals surface area contributed by atoms with Crippen molar-refractivity contribution < 1.29 is 4.79 Å². The van der Waals surface area contributed by atoms with Gasteiger partial charge in [-0.3, -0.25) is 4.79 Å². The van der Waals surface area contributed by atoms with Gasteiger partial charge in [0.2, 0.25) is 0 Å². The highest BCUT2D eigenvalue weighted by Gasteiger charge is 2.34. The molecule has 0 saturated heterocycles. The minimum Gasteiger partial charge on any atom is -0.382 e. The second kappa shape index (κ2) is 6.92. The van der Waals surface area contributed by atoms with Crippen molar-refractivity contribution in [1.82, 2.24) is 9.88 Å². The molecule has 6 heteroatoms. The largest absolute Gasteiger partial charge is 0.382 e. The topological polar surface area (TPSA) is 71.2 Å². The van der Waals surface area contributed by atoms with Gasteiger partial charge in [0.1, 0.15) is 10.7 Å². The van der Waals surface area contributed by atoms with Crippen molar-refractivity contribution >= 4 is 28.2 Å². The third-order valence-electron chi connectivity index (χ3n) is 3.37. The Balaban J connectivity index is 2.07. The lowest BCUT2D eigenvalue weighted by molar-refractivity contribution is 0.0746. The average Bonchev–Trinajstić information content (AvgIpc) is 3.20. The van der Waals surface area contributed by atoms with Crippen molar-refractivity contribution in [3.8, 4) is 0 Å². The van der Waals surface area contributed by atoms with Crippen LogP contribution in [0.1, 0.15) is 55.6 Å². The lowest BCUT2D eigenvalue weighted by atomic mass is 10.3. The molecule has 1 aliphatic rings. The molecule has 0 aliphatic heterocycles. The molecule has 1 heterocycles. The van der Waals surface area contributed by atoms with E-state index < -0.39 is 0 Å². The number of unbranched alkanes of at least 4 members (excludes halogenated alkanes) is 1. The van der Waals surface area contributed by atoms with Crippen LogP contribution in [0.3, 0.4) is 0 Å². The lowest BCUT2D eigenvalue weighted by Gasteiger charge is -2.21. The quantitative estimate of drug-likeness (QED) is 0.773. The first-order valence-electron chi connectivity index (χ1n) is 7.48. The Morgan fingerprint density at radius 1 is 1.45 bits per heavy atom. The zero-order valence-electron chi connectivity index (χ0n) is 12.3. The van der Waals surface area contributed by atoms with Crippen molar-refractivity contribution in [3.05, 3.63) is 4.88 Å². The molecule has 0 bridgehead atoms. The molecule has 2 rings (SSSR count). The monoisotopic (exact) mass is 296 g/mol. The Bertz CT molecular complexity index is 456. The van der Waals surface area contributed by atoms with E-state index in [0.29, 0.717) is 16.7 Å². The van der Waals surface area contributed by atoms with Gasteiger partial charge in [-0.05, 0) is 25.7 Å². The Hall–Kier alpha value is -1.30. The normalized spacial score (nSPS) is 14.3. The van der Waals surface area contributed by atoms with Crippen LogP contribution >= 0.6 is 11.3 Å². The maximum absolute atomic E-state index is 12.6. The maximum atomic E-state index is 12.6. The van der Waals surface area contributed by atoms with Crippen LogP contribution in [0.2, 0.25) is 0 Å². The van der Waals surface area contributed by atoms with E-state index in [1.807, 2.05) is 4.90 Å². The minimum absolute atomic E-state index is 0.0560. The molecule has 0 unspecified atom stereocenters. The Morgan fingerprint density at radius 3 is 2.80 bits per heavy atom. The number of thiazole rings is 1. The van der Waals surface area contributed by atoms with Crippen LogP contribution in [0.4, 0.5) is 10.9 Å². The van der Waals surface area contributed by atoms with Crippen LogP contribution in [0.25, 0.3) is 0 Å². The molecular weight excluding hydrogens is 272 g/mol. The molecule has 1 saturated carbocycles. The van der Waals surface area contributed by atoms with Gasteiger partial charge in [0, 0.05) is 19.1 Å². The van der Waals surface area contributed by atoms with Crippen molar-refractivity contribution in [3.63, 3.8) is 0 Å². The van der Waals surface area contributed by atoms with Crippen molar-refractivity contribution in [1.29, 1.82) is 0 Å². The molecule has 1 fully saturated rings. The summed E-state index contributed by atoms with van der Waals surface area (Å²) in [5.41, 5.74) is 5.91. The molecule has 3 N–H and O–H groups in total. The van der Waals surface area contributed by atoms with Crippen LogP contribution in [0.5, 0.6) is 0 Å². The molecule has 112 valence electrons. The predicted molar refractivity (Wildman–Crippen MR) is 84.3 cm³/mol. The van der Waals surface area contributed by atoms with E-state index >= 15 is 0 Å². The number of nitrogens with two attached hydrogens (primary N) is 1. The number of carbonyl (C=O) groups excluding carboxylic acids is 1. The first kappa shape index (κ1) is 15.1. The predicted octanol–water partition coefficient (Wildman–Crippen LogP) is 2.95. The van der Waals surface area contributed by atoms with Gasteiger partial charge in [0.15, 0.2) is 5.13 Å². The number of aromatic nitrogens is 1. The van der Waals surface area contributed by atoms with Crippen LogP contribution in [-0.2, 0) is 0 Å². The van der Waals surface area contributed by atoms with E-state index in [-0.39, 0.29) is 5.91 Å². The van der Waals surface area contributed by atoms with Crippen LogP contribution in [0.15, 0.2) is 0 Å². The second-order valence-corrected chi connectivity index (χ2v) is 6.24. The third kappa shape index (κ3) is 3.62. The summed E-state index contributed by atoms with van der Waals surface area (Å²) >= 11 is 1.38. The van der Waals surface area contributed by atoms with Gasteiger partial charge in [-0.15, -0.1) is 0 Å². The summed E-state index contributed by atoms with van der Waals surface area (Å²) in [5.74, 6) is 0.418. The molecule has 0 radical (unpaired) electrons. The molecule has 5 nitrogen and oxygen atoms in total. The van der Waals surface area contributed by atoms with Crippen molar-refractivity contribution in [2.45, 2.75) is 52.0 Å². The van der Waals surface area contributed by atoms with Gasteiger partial charge in [0.05, 0.1) is 0 Å². The number of carbonyl (C=O) groups is 1. The highest BCUT2D eigenvalue weighted by atomic mass is 32.1. The Morgan fingerprint density at radius 2 is 2.20 bits per heavy atom. The van der Waals surface area contributed by atoms with Crippen molar-refractivity contribution in [2.75, 3.05) is 24.1 Å². The van der Waals surface area contributed by atoms with Crippen LogP contribution < -0.4 is 11.1 Å². The average molecular weight is 296 g/mol. The van der Waals surface area contributed by atoms with E-state index in [9.17, 15) is 4.79 Å². The first-order valence-corrected chi connectivity index (χ1v) is 8.30. The van der Waals surface area contributed by atoms with Gasteiger partial charge in [-0.2, -0.15) is 0 Å². The number of hydrogen-bond donors (Lipinski definition) is 2. The summed E-state index contributed by atoms with van der Waals surface area (Å²) in [6.45, 7) is 5.91. The van der Waals surface area contributed by atoms with Gasteiger partial charge >= 0.3 is 0 Å². The number of nitrogens with one attached hydrogen (secondary N) is 1. The van der Waals surface area contributed by atoms with Gasteiger partial charge in [-0.1, -0.05) is 31.6 Å². The molecule has 1 aromatic rings. The van der Waals surface area contributed by atoms with E-state index in [0.717, 1.165) is 50.3 Å². The van der Waals surface area contributed by atoms with E-state index in [2.05, 4.69) is 24.1 Å². The molecule has 1 amide bonds. The molecule has 0 aromatic carbocycles. The minimum atomic E-state index is 0.0560. The zero-order chi connectivity index (χ0) is 14.5. The molecular formula is C14H24N4OS. The maximum Gasteiger partial charge on any atom is 0.268 e. The van der Waals surface area contributed by atoms with Crippen LogP contribution in [-0.4, -0.2) is 34.9 Å². The van der Waals surface area contributed by atoms with Crippen molar-refractivity contribution in [2.24, 2.45) is 0 Å². The zero-order valence-corrected chi connectivity index (χ0v) is 13.1. The van der Waals surface area contributed by atoms with E-state index in [1.165, 1.54) is 11.3 Å². The SMILES string of the molecule is CCCCN(C(=O)c1sc(NCCC)nc1N)C1CC1. The number of anilines is 2. The standard InChI is InChI=1S/C14H24N4OS/c1-3-5-9-18(10-6-7-10)13(19)11-12(15)17-14(20-11)16-8-4-2/h10H,3-9,15H2,1-2H3,(H,16,17). The van der Waals surface area contributed by atoms with Gasteiger partial charge < -0.3 is 16.0 Å². The molecule has 1 aliphatic carbocycles. The summed E-state index contributed by atoms with van der Waals surface area (Å²) in [4.78, 5) is 19.5. The van der Waals surface area contributed by atoms with E-state index in [4.69, 9.17) is 5.73 Å². The highest BCUT2D eigenvalue weighted by molar-refractivity contribution is 7.18. The Labute approximate surface area is 124 Å². The first-order chi connectivity index (χ1) is 9.67. The Kier molecular flexibility index (Phi) is 5.23. The smallest absolute Gasteiger partial charge is 0.268 e. The van der Waals surface area contributed by atoms with Gasteiger partial charge in [-0.25, -0.2) is 4.98 Å². The number of amides is 1. The number of hydrogen-bond acceptors (Lipinski definition) is 5. The highest BCUT2D eigenvalue weighted by Crippen LogP contribution is 2.32. The summed E-state index contributed by atoms with van der Waals surface area (Å²) in [7, 11) is 0. The van der Waals surface area contributed by atoms with E-state index in [1.54, 1.807) is 0 Å². The number of rotatable bonds is 8. The lowest BCUT2D eigenvalue weighted by Crippen LogP contribution is -2.33. The molecule has 0 atom stereocenters. The molecule has 20 heavy (non-hydrogen) atoms. The fourth-order valence-electron chi connectivity index (χ4n) is 2.09. The molecule has 1 aromatic heterocycles. The second-order valence-electron chi connectivity index (χ2n) is 5.24. The number of nitrogens with zero attached hydrogens (tertiary/aromatic N) is 2. The summed E-state index contributed by atoms with van der Waals surface area (Å²) in [6.07, 6.45) is 5.40. The summed E-state index contributed by atoms with van der Waals surface area (Å²) in [6, 6.07) is 0.419. The third-order valence-corrected chi connectivity index (χ3v) is 4.39. The molecule has 0 spiro atoms. The summed E-state index contributed by atoms with van der Waals surface area (Å²) < 4.78 is 0. The summed E-state index contributed by atoms with van der Waals surface area (Å²) in [5, 5.41) is 3.94. The number of nitrogen functional groups attached to an aromatic ring is 1. The fourth-order valence-corrected chi connectivity index (χ4v) is 2.95.